The third kappa shape index (κ3) is 3.71. The van der Waals surface area contributed by atoms with Gasteiger partial charge in [-0.1, -0.05) is 48.0 Å². The maximum atomic E-state index is 14.1. The van der Waals surface area contributed by atoms with Crippen LogP contribution in [0.4, 0.5) is 5.69 Å². The van der Waals surface area contributed by atoms with Gasteiger partial charge in [0, 0.05) is 48.5 Å². The summed E-state index contributed by atoms with van der Waals surface area (Å²) in [5.74, 6) is 0. The molecule has 1 unspecified atom stereocenters. The number of hydrogen-bond acceptors (Lipinski definition) is 3. The van der Waals surface area contributed by atoms with Crippen LogP contribution in [0, 0.1) is 13.8 Å². The van der Waals surface area contributed by atoms with Crippen molar-refractivity contribution in [1.29, 1.82) is 0 Å². The lowest BCUT2D eigenvalue weighted by molar-refractivity contribution is 0.588. The fraction of sp³-hybridized carbons (Fsp3) is 0.259. The van der Waals surface area contributed by atoms with Crippen LogP contribution in [0.1, 0.15) is 34.6 Å². The van der Waals surface area contributed by atoms with Crippen LogP contribution >= 0.6 is 0 Å². The second kappa shape index (κ2) is 8.47. The molecule has 0 fully saturated rings. The molecule has 0 saturated carbocycles. The number of nitrogens with zero attached hydrogens (tertiary/aromatic N) is 2. The van der Waals surface area contributed by atoms with Crippen LogP contribution in [0.3, 0.4) is 0 Å². The number of benzene rings is 3. The van der Waals surface area contributed by atoms with Crippen molar-refractivity contribution in [3.05, 3.63) is 95.2 Å². The average Bonchev–Trinajstić information content (AvgIpc) is 3.05. The van der Waals surface area contributed by atoms with E-state index in [-0.39, 0.29) is 0 Å². The summed E-state index contributed by atoms with van der Waals surface area (Å²) >= 11 is 0. The smallest absolute Gasteiger partial charge is 0.189 e. The van der Waals surface area contributed by atoms with E-state index in [4.69, 9.17) is 0 Å². The molecule has 166 valence electrons. The van der Waals surface area contributed by atoms with E-state index >= 15 is 0 Å². The molecule has 0 aliphatic rings. The summed E-state index contributed by atoms with van der Waals surface area (Å²) in [5.41, 5.74) is 5.77. The third-order valence-electron chi connectivity index (χ3n) is 6.23. The second-order valence-corrected chi connectivity index (χ2v) is 10.5. The zero-order valence-electron chi connectivity index (χ0n) is 19.3. The number of sulfone groups is 1. The summed E-state index contributed by atoms with van der Waals surface area (Å²) in [6, 6.07) is 23.1. The largest absolute Gasteiger partial charge is 0.378 e. The van der Waals surface area contributed by atoms with Crippen molar-refractivity contribution in [3.63, 3.8) is 0 Å². The molecule has 5 heteroatoms. The van der Waals surface area contributed by atoms with Crippen LogP contribution in [0.15, 0.2) is 77.7 Å². The van der Waals surface area contributed by atoms with Gasteiger partial charge in [0.2, 0.25) is 0 Å². The molecule has 4 nitrogen and oxygen atoms in total. The fourth-order valence-corrected chi connectivity index (χ4v) is 6.42. The van der Waals surface area contributed by atoms with Crippen molar-refractivity contribution < 1.29 is 8.42 Å². The minimum atomic E-state index is -3.69. The van der Waals surface area contributed by atoms with E-state index in [1.54, 1.807) is 12.1 Å². The lowest BCUT2D eigenvalue weighted by Crippen LogP contribution is -2.17. The molecule has 4 aromatic rings. The number of para-hydroxylation sites is 1. The SMILES string of the molecule is CCn1c(C)c(C(c2ccc(N(C)C)cc2)S(=O)(=O)c2ccc(C)cc2)c2ccccc21. The lowest BCUT2D eigenvalue weighted by Gasteiger charge is -2.21. The first-order valence-corrected chi connectivity index (χ1v) is 12.5. The van der Waals surface area contributed by atoms with Gasteiger partial charge in [-0.15, -0.1) is 0 Å². The Balaban J connectivity index is 2.02. The van der Waals surface area contributed by atoms with Gasteiger partial charge >= 0.3 is 0 Å². The molecule has 0 amide bonds. The van der Waals surface area contributed by atoms with E-state index in [1.807, 2.05) is 87.4 Å². The Bertz CT molecular complexity index is 1350. The van der Waals surface area contributed by atoms with E-state index in [0.29, 0.717) is 4.90 Å². The van der Waals surface area contributed by atoms with Crippen molar-refractivity contribution in [2.45, 2.75) is 37.5 Å². The number of hydrogen-bond donors (Lipinski definition) is 0. The van der Waals surface area contributed by atoms with Gasteiger partial charge < -0.3 is 9.47 Å². The Morgan fingerprint density at radius 3 is 2.09 bits per heavy atom. The average molecular weight is 447 g/mol. The van der Waals surface area contributed by atoms with Crippen LogP contribution in [0.25, 0.3) is 10.9 Å². The monoisotopic (exact) mass is 446 g/mol. The number of aromatic nitrogens is 1. The van der Waals surface area contributed by atoms with Crippen molar-refractivity contribution in [1.82, 2.24) is 4.57 Å². The highest BCUT2D eigenvalue weighted by atomic mass is 32.2. The lowest BCUT2D eigenvalue weighted by atomic mass is 10.0. The predicted molar refractivity (Wildman–Crippen MR) is 133 cm³/mol. The van der Waals surface area contributed by atoms with Crippen LogP contribution in [-0.2, 0) is 16.4 Å². The molecule has 3 aromatic carbocycles. The summed E-state index contributed by atoms with van der Waals surface area (Å²) in [4.78, 5) is 2.36. The molecule has 4 rings (SSSR count). The van der Waals surface area contributed by atoms with Crippen molar-refractivity contribution in [3.8, 4) is 0 Å². The van der Waals surface area contributed by atoms with E-state index in [2.05, 4.69) is 17.6 Å². The Labute approximate surface area is 191 Å². The second-order valence-electron chi connectivity index (χ2n) is 8.48. The third-order valence-corrected chi connectivity index (χ3v) is 8.29. The highest BCUT2D eigenvalue weighted by Gasteiger charge is 2.35. The van der Waals surface area contributed by atoms with Gasteiger partial charge in [0.15, 0.2) is 9.84 Å². The highest BCUT2D eigenvalue weighted by Crippen LogP contribution is 2.42. The Hall–Kier alpha value is -3.05. The molecule has 0 spiro atoms. The van der Waals surface area contributed by atoms with Gasteiger partial charge in [-0.3, -0.25) is 0 Å². The van der Waals surface area contributed by atoms with Crippen LogP contribution in [0.5, 0.6) is 0 Å². The normalized spacial score (nSPS) is 12.8. The summed E-state index contributed by atoms with van der Waals surface area (Å²) in [6.45, 7) is 6.87. The summed E-state index contributed by atoms with van der Waals surface area (Å²) in [5, 5.41) is 0.198. The maximum absolute atomic E-state index is 14.1. The van der Waals surface area contributed by atoms with Crippen molar-refractivity contribution in [2.75, 3.05) is 19.0 Å². The molecule has 32 heavy (non-hydrogen) atoms. The fourth-order valence-electron chi connectivity index (χ4n) is 4.51. The number of rotatable bonds is 6. The zero-order valence-corrected chi connectivity index (χ0v) is 20.1. The molecular weight excluding hydrogens is 416 g/mol. The van der Waals surface area contributed by atoms with E-state index in [0.717, 1.165) is 45.5 Å². The van der Waals surface area contributed by atoms with Gasteiger partial charge in [-0.2, -0.15) is 0 Å². The molecular formula is C27H30N2O2S. The predicted octanol–water partition coefficient (Wildman–Crippen LogP) is 5.91. The number of fused-ring (bicyclic) bond motifs is 1. The van der Waals surface area contributed by atoms with E-state index in [9.17, 15) is 8.42 Å². The summed E-state index contributed by atoms with van der Waals surface area (Å²) in [7, 11) is 0.269. The van der Waals surface area contributed by atoms with Gasteiger partial charge in [0.25, 0.3) is 0 Å². The van der Waals surface area contributed by atoms with Gasteiger partial charge in [0.05, 0.1) is 4.90 Å². The summed E-state index contributed by atoms with van der Waals surface area (Å²) < 4.78 is 30.5. The Morgan fingerprint density at radius 2 is 1.50 bits per heavy atom. The van der Waals surface area contributed by atoms with Crippen molar-refractivity contribution >= 4 is 26.4 Å². The molecule has 0 aliphatic heterocycles. The molecule has 1 heterocycles. The molecule has 0 bridgehead atoms. The Kier molecular flexibility index (Phi) is 5.87. The van der Waals surface area contributed by atoms with E-state index in [1.165, 1.54) is 0 Å². The number of anilines is 1. The standard InChI is InChI=1S/C27H30N2O2S/c1-6-29-20(3)26(24-9-7-8-10-25(24)29)27(21-13-15-22(16-14-21)28(4)5)32(30,31)23-17-11-19(2)12-18-23/h7-18,27H,6H2,1-5H3. The molecule has 0 radical (unpaired) electrons. The first kappa shape index (κ1) is 22.2. The molecule has 0 aliphatic carbocycles. The number of aryl methyl sites for hydroxylation is 2. The highest BCUT2D eigenvalue weighted by molar-refractivity contribution is 7.92. The zero-order chi connectivity index (χ0) is 23.0. The molecule has 0 saturated heterocycles. The Morgan fingerprint density at radius 1 is 0.875 bits per heavy atom. The van der Waals surface area contributed by atoms with Crippen LogP contribution < -0.4 is 4.90 Å². The molecule has 1 aromatic heterocycles. The maximum Gasteiger partial charge on any atom is 0.189 e. The van der Waals surface area contributed by atoms with Crippen LogP contribution in [-0.4, -0.2) is 27.1 Å². The minimum absolute atomic E-state index is 0.345. The molecule has 1 atom stereocenters. The van der Waals surface area contributed by atoms with Gasteiger partial charge in [0.1, 0.15) is 5.25 Å². The minimum Gasteiger partial charge on any atom is -0.378 e. The van der Waals surface area contributed by atoms with Gasteiger partial charge in [-0.25, -0.2) is 8.42 Å². The van der Waals surface area contributed by atoms with Crippen molar-refractivity contribution in [2.24, 2.45) is 0 Å². The summed E-state index contributed by atoms with van der Waals surface area (Å²) in [6.07, 6.45) is 0. The van der Waals surface area contributed by atoms with Gasteiger partial charge in [-0.05, 0) is 56.7 Å². The first-order chi connectivity index (χ1) is 15.3. The topological polar surface area (TPSA) is 42.3 Å². The van der Waals surface area contributed by atoms with Crippen LogP contribution in [0.2, 0.25) is 0 Å². The van der Waals surface area contributed by atoms with E-state index < -0.39 is 15.1 Å². The molecule has 0 N–H and O–H groups in total. The first-order valence-electron chi connectivity index (χ1n) is 10.9. The quantitative estimate of drug-likeness (QED) is 0.370.